The van der Waals surface area contributed by atoms with Crippen LogP contribution in [-0.2, 0) is 16.0 Å². The Bertz CT molecular complexity index is 1370. The van der Waals surface area contributed by atoms with Gasteiger partial charge in [0.1, 0.15) is 11.8 Å². The molecule has 1 atom stereocenters. The molecule has 0 radical (unpaired) electrons. The molecule has 2 aromatic carbocycles. The number of hydrogen-bond acceptors (Lipinski definition) is 6. The fourth-order valence-electron chi connectivity index (χ4n) is 3.67. The number of hydrogen-bond donors (Lipinski definition) is 2. The first-order valence-electron chi connectivity index (χ1n) is 10.8. The van der Waals surface area contributed by atoms with E-state index in [4.69, 9.17) is 10.5 Å². The van der Waals surface area contributed by atoms with E-state index in [-0.39, 0.29) is 17.8 Å². The van der Waals surface area contributed by atoms with E-state index in [1.54, 1.807) is 55.8 Å². The molecule has 0 bridgehead atoms. The lowest BCUT2D eigenvalue weighted by Crippen LogP contribution is -2.47. The molecule has 0 aliphatic rings. The summed E-state index contributed by atoms with van der Waals surface area (Å²) >= 11 is 0. The van der Waals surface area contributed by atoms with E-state index >= 15 is 0 Å². The molecule has 0 aliphatic carbocycles. The number of Topliss-reactive ketones (excluding diaryl/α,β-unsaturated/α-hetero) is 1. The quantitative estimate of drug-likeness (QED) is 0.362. The van der Waals surface area contributed by atoms with Gasteiger partial charge in [-0.05, 0) is 35.9 Å². The number of para-hydroxylation sites is 1. The minimum atomic E-state index is -1.13. The number of ketones is 1. The first kappa shape index (κ1) is 23.4. The minimum Gasteiger partial charge on any atom is -0.496 e. The Morgan fingerprint density at radius 2 is 1.74 bits per heavy atom. The van der Waals surface area contributed by atoms with Crippen LogP contribution in [0.1, 0.15) is 15.9 Å². The van der Waals surface area contributed by atoms with E-state index in [0.29, 0.717) is 11.4 Å². The average Bonchev–Trinajstić information content (AvgIpc) is 3.38. The van der Waals surface area contributed by atoms with Gasteiger partial charge < -0.3 is 15.8 Å². The van der Waals surface area contributed by atoms with Gasteiger partial charge in [0.15, 0.2) is 5.82 Å². The number of benzene rings is 2. The number of pyridine rings is 1. The largest absolute Gasteiger partial charge is 0.496 e. The van der Waals surface area contributed by atoms with E-state index in [9.17, 15) is 14.4 Å². The molecule has 2 heterocycles. The lowest BCUT2D eigenvalue weighted by Gasteiger charge is -2.17. The van der Waals surface area contributed by atoms with Crippen LogP contribution < -0.4 is 15.8 Å². The highest BCUT2D eigenvalue weighted by Crippen LogP contribution is 2.28. The molecule has 3 N–H and O–H groups in total. The molecule has 4 rings (SSSR count). The zero-order valence-electron chi connectivity index (χ0n) is 18.9. The highest BCUT2D eigenvalue weighted by molar-refractivity contribution is 6.38. The van der Waals surface area contributed by atoms with Crippen LogP contribution in [0.3, 0.4) is 0 Å². The number of aromatic nitrogens is 3. The van der Waals surface area contributed by atoms with Crippen molar-refractivity contribution in [3.8, 4) is 22.8 Å². The minimum absolute atomic E-state index is 0.115. The lowest BCUT2D eigenvalue weighted by atomic mass is 10.0. The van der Waals surface area contributed by atoms with Crippen LogP contribution in [-0.4, -0.2) is 45.5 Å². The molecule has 0 fully saturated rings. The van der Waals surface area contributed by atoms with Gasteiger partial charge in [0.2, 0.25) is 5.78 Å². The molecule has 9 nitrogen and oxygen atoms in total. The third-order valence-corrected chi connectivity index (χ3v) is 5.37. The predicted molar refractivity (Wildman–Crippen MR) is 129 cm³/mol. The van der Waals surface area contributed by atoms with Crippen LogP contribution in [0.25, 0.3) is 17.1 Å². The summed E-state index contributed by atoms with van der Waals surface area (Å²) < 4.78 is 6.88. The van der Waals surface area contributed by atoms with Crippen molar-refractivity contribution < 1.29 is 19.1 Å². The van der Waals surface area contributed by atoms with Gasteiger partial charge >= 0.3 is 0 Å². The van der Waals surface area contributed by atoms with Gasteiger partial charge in [-0.15, -0.1) is 0 Å². The van der Waals surface area contributed by atoms with Gasteiger partial charge in [-0.2, -0.15) is 5.10 Å². The molecule has 0 spiro atoms. The first-order valence-corrected chi connectivity index (χ1v) is 10.8. The van der Waals surface area contributed by atoms with E-state index < -0.39 is 23.6 Å². The molecule has 0 saturated carbocycles. The molecule has 2 amide bonds. The number of amides is 2. The maximum atomic E-state index is 13.2. The molecule has 2 aromatic heterocycles. The van der Waals surface area contributed by atoms with Crippen molar-refractivity contribution in [2.75, 3.05) is 7.11 Å². The van der Waals surface area contributed by atoms with Crippen molar-refractivity contribution in [1.82, 2.24) is 20.1 Å². The summed E-state index contributed by atoms with van der Waals surface area (Å²) in [6.07, 6.45) is 3.33. The van der Waals surface area contributed by atoms with Gasteiger partial charge in [0.05, 0.1) is 18.4 Å². The maximum absolute atomic E-state index is 13.2. The Kier molecular flexibility index (Phi) is 6.96. The number of nitrogens with one attached hydrogen (secondary N) is 1. The van der Waals surface area contributed by atoms with E-state index in [1.165, 1.54) is 10.9 Å². The van der Waals surface area contributed by atoms with Crippen LogP contribution in [0.4, 0.5) is 0 Å². The van der Waals surface area contributed by atoms with Crippen molar-refractivity contribution in [3.05, 3.63) is 96.3 Å². The Morgan fingerprint density at radius 1 is 1.00 bits per heavy atom. The van der Waals surface area contributed by atoms with Crippen LogP contribution >= 0.6 is 0 Å². The molecular weight excluding hydrogens is 446 g/mol. The van der Waals surface area contributed by atoms with Gasteiger partial charge in [-0.25, -0.2) is 9.67 Å². The topological polar surface area (TPSA) is 129 Å². The van der Waals surface area contributed by atoms with Crippen molar-refractivity contribution >= 4 is 17.6 Å². The molecule has 0 saturated heterocycles. The van der Waals surface area contributed by atoms with E-state index in [0.717, 1.165) is 11.1 Å². The van der Waals surface area contributed by atoms with Crippen LogP contribution in [0.15, 0.2) is 85.2 Å². The second kappa shape index (κ2) is 10.4. The van der Waals surface area contributed by atoms with Crippen molar-refractivity contribution in [3.63, 3.8) is 0 Å². The number of carbonyl (C=O) groups excluding carboxylic acids is 3. The summed E-state index contributed by atoms with van der Waals surface area (Å²) in [5, 5.41) is 7.21. The summed E-state index contributed by atoms with van der Waals surface area (Å²) in [4.78, 5) is 41.6. The fourth-order valence-corrected chi connectivity index (χ4v) is 3.67. The normalized spacial score (nSPS) is 11.5. The highest BCUT2D eigenvalue weighted by Gasteiger charge is 2.27. The van der Waals surface area contributed by atoms with Crippen molar-refractivity contribution in [1.29, 1.82) is 0 Å². The summed E-state index contributed by atoms with van der Waals surface area (Å²) in [5.41, 5.74) is 7.59. The summed E-state index contributed by atoms with van der Waals surface area (Å²) in [5.74, 6) is -1.67. The summed E-state index contributed by atoms with van der Waals surface area (Å²) in [6.45, 7) is 0. The third-order valence-electron chi connectivity index (χ3n) is 5.37. The Hall–Kier alpha value is -4.79. The molecule has 4 aromatic rings. The second-order valence-corrected chi connectivity index (χ2v) is 7.66. The Labute approximate surface area is 201 Å². The van der Waals surface area contributed by atoms with Crippen LogP contribution in [0.5, 0.6) is 5.75 Å². The monoisotopic (exact) mass is 469 g/mol. The second-order valence-electron chi connectivity index (χ2n) is 7.66. The molecular formula is C26H23N5O4. The molecule has 176 valence electrons. The van der Waals surface area contributed by atoms with E-state index in [2.05, 4.69) is 15.4 Å². The zero-order chi connectivity index (χ0) is 24.8. The SMILES string of the molecule is COc1ccccc1-c1ccn(-c2ncccc2C(=O)NC(Cc2ccccc2)C(=O)C(N)=O)n1. The molecule has 9 heteroatoms. The van der Waals surface area contributed by atoms with Crippen LogP contribution in [0.2, 0.25) is 0 Å². The standard InChI is InChI=1S/C26H23N5O4/c1-35-22-12-6-5-10-18(22)20-13-15-31(30-20)25-19(11-7-14-28-25)26(34)29-21(23(32)24(27)33)16-17-8-3-2-4-9-17/h2-15,21H,16H2,1H3,(H2,27,33)(H,29,34). The third kappa shape index (κ3) is 5.25. The number of nitrogens with two attached hydrogens (primary N) is 1. The number of methoxy groups -OCH3 is 1. The average molecular weight is 470 g/mol. The predicted octanol–water partition coefficient (Wildman–Crippen LogP) is 2.34. The fraction of sp³-hybridized carbons (Fsp3) is 0.115. The maximum Gasteiger partial charge on any atom is 0.287 e. The Balaban J connectivity index is 1.63. The number of rotatable bonds is 9. The highest BCUT2D eigenvalue weighted by atomic mass is 16.5. The van der Waals surface area contributed by atoms with E-state index in [1.807, 2.05) is 30.3 Å². The van der Waals surface area contributed by atoms with Gasteiger partial charge in [-0.3, -0.25) is 14.4 Å². The molecule has 1 unspecified atom stereocenters. The summed E-state index contributed by atoms with van der Waals surface area (Å²) in [6, 6.07) is 20.3. The smallest absolute Gasteiger partial charge is 0.287 e. The first-order chi connectivity index (χ1) is 17.0. The van der Waals surface area contributed by atoms with Gasteiger partial charge in [0, 0.05) is 24.4 Å². The van der Waals surface area contributed by atoms with Gasteiger partial charge in [0.25, 0.3) is 11.8 Å². The summed E-state index contributed by atoms with van der Waals surface area (Å²) in [7, 11) is 1.58. The van der Waals surface area contributed by atoms with Crippen molar-refractivity contribution in [2.24, 2.45) is 5.73 Å². The zero-order valence-corrected chi connectivity index (χ0v) is 18.9. The number of primary amides is 1. The Morgan fingerprint density at radius 3 is 2.49 bits per heavy atom. The van der Waals surface area contributed by atoms with Gasteiger partial charge in [-0.1, -0.05) is 42.5 Å². The van der Waals surface area contributed by atoms with Crippen LogP contribution in [0, 0.1) is 0 Å². The van der Waals surface area contributed by atoms with Crippen molar-refractivity contribution in [2.45, 2.75) is 12.5 Å². The number of carbonyl (C=O) groups is 3. The number of ether oxygens (including phenoxy) is 1. The lowest BCUT2D eigenvalue weighted by molar-refractivity contribution is -0.137. The number of nitrogens with zero attached hydrogens (tertiary/aromatic N) is 3. The molecule has 35 heavy (non-hydrogen) atoms. The molecule has 0 aliphatic heterocycles.